The van der Waals surface area contributed by atoms with Crippen LogP contribution in [0.1, 0.15) is 22.4 Å². The average molecular weight is 266 g/mol. The van der Waals surface area contributed by atoms with Crippen molar-refractivity contribution in [3.63, 3.8) is 0 Å². The number of halogens is 1. The number of hydrogen-bond donors (Lipinski definition) is 1. The number of pyridine rings is 1. The molecule has 1 aromatic heterocycles. The molecule has 0 aliphatic heterocycles. The van der Waals surface area contributed by atoms with Gasteiger partial charge in [-0.25, -0.2) is 9.37 Å². The van der Waals surface area contributed by atoms with E-state index in [4.69, 9.17) is 5.26 Å². The van der Waals surface area contributed by atoms with Crippen LogP contribution in [0.3, 0.4) is 0 Å². The van der Waals surface area contributed by atoms with Crippen molar-refractivity contribution in [2.45, 2.75) is 13.8 Å². The molecule has 1 heterocycles. The van der Waals surface area contributed by atoms with E-state index in [9.17, 15) is 9.65 Å². The molecule has 0 radical (unpaired) electrons. The molecule has 0 spiro atoms. The van der Waals surface area contributed by atoms with Crippen molar-refractivity contribution in [3.05, 3.63) is 52.5 Å². The molecule has 2 rings (SSSR count). The highest BCUT2D eigenvalue weighted by atomic mass is 19.1. The molecule has 0 bridgehead atoms. The van der Waals surface area contributed by atoms with Crippen LogP contribution in [0.15, 0.2) is 24.3 Å². The van der Waals surface area contributed by atoms with Crippen molar-refractivity contribution in [3.8, 4) is 12.1 Å². The molecule has 1 aromatic carbocycles. The molecule has 0 unspecified atom stereocenters. The highest BCUT2D eigenvalue weighted by Gasteiger charge is 2.10. The van der Waals surface area contributed by atoms with E-state index in [1.807, 2.05) is 19.9 Å². The smallest absolute Gasteiger partial charge is 0.148 e. The minimum Gasteiger partial charge on any atom is -0.339 e. The van der Waals surface area contributed by atoms with Crippen molar-refractivity contribution < 1.29 is 4.39 Å². The number of benzene rings is 1. The van der Waals surface area contributed by atoms with E-state index in [-0.39, 0.29) is 5.56 Å². The quantitative estimate of drug-likeness (QED) is 0.904. The number of aromatic nitrogens is 1. The van der Waals surface area contributed by atoms with Gasteiger partial charge in [-0.1, -0.05) is 0 Å². The van der Waals surface area contributed by atoms with Crippen molar-refractivity contribution >= 4 is 11.5 Å². The number of nitriles is 2. The molecular formula is C15H11FN4. The second-order valence-corrected chi connectivity index (χ2v) is 4.35. The van der Waals surface area contributed by atoms with E-state index in [1.54, 1.807) is 6.07 Å². The van der Waals surface area contributed by atoms with Crippen molar-refractivity contribution in [1.82, 2.24) is 4.98 Å². The topological polar surface area (TPSA) is 72.5 Å². The van der Waals surface area contributed by atoms with E-state index in [1.165, 1.54) is 18.2 Å². The fourth-order valence-electron chi connectivity index (χ4n) is 1.89. The Labute approximate surface area is 116 Å². The lowest BCUT2D eigenvalue weighted by Crippen LogP contribution is -2.01. The van der Waals surface area contributed by atoms with Gasteiger partial charge < -0.3 is 5.32 Å². The van der Waals surface area contributed by atoms with E-state index in [0.717, 1.165) is 11.3 Å². The Bertz CT molecular complexity index is 754. The molecule has 1 N–H and O–H groups in total. The zero-order valence-electron chi connectivity index (χ0n) is 11.0. The first kappa shape index (κ1) is 13.5. The van der Waals surface area contributed by atoms with Gasteiger partial charge >= 0.3 is 0 Å². The molecule has 0 saturated carbocycles. The average Bonchev–Trinajstić information content (AvgIpc) is 2.40. The summed E-state index contributed by atoms with van der Waals surface area (Å²) in [6.45, 7) is 3.65. The standard InChI is InChI=1S/C15H11FN4/c1-9-5-10(2)19-15(13(9)8-18)20-12-3-4-14(16)11(6-12)7-17/h3-6H,1-2H3,(H,19,20). The Morgan fingerprint density at radius 3 is 2.55 bits per heavy atom. The first-order valence-corrected chi connectivity index (χ1v) is 5.90. The van der Waals surface area contributed by atoms with E-state index in [2.05, 4.69) is 16.4 Å². The second kappa shape index (κ2) is 5.38. The summed E-state index contributed by atoms with van der Waals surface area (Å²) in [6.07, 6.45) is 0. The molecule has 5 heteroatoms. The molecule has 0 atom stereocenters. The maximum absolute atomic E-state index is 13.3. The lowest BCUT2D eigenvalue weighted by molar-refractivity contribution is 0.624. The van der Waals surface area contributed by atoms with Crippen LogP contribution in [-0.4, -0.2) is 4.98 Å². The molecular weight excluding hydrogens is 255 g/mol. The van der Waals surface area contributed by atoms with Gasteiger partial charge in [0.15, 0.2) is 0 Å². The third-order valence-corrected chi connectivity index (χ3v) is 2.81. The normalized spacial score (nSPS) is 9.65. The molecule has 0 aliphatic rings. The van der Waals surface area contributed by atoms with Crippen LogP contribution in [0, 0.1) is 42.3 Å². The van der Waals surface area contributed by atoms with Gasteiger partial charge in [0.1, 0.15) is 23.8 Å². The summed E-state index contributed by atoms with van der Waals surface area (Å²) < 4.78 is 13.3. The summed E-state index contributed by atoms with van der Waals surface area (Å²) in [6, 6.07) is 9.76. The molecule has 4 nitrogen and oxygen atoms in total. The first-order chi connectivity index (χ1) is 9.55. The van der Waals surface area contributed by atoms with Crippen LogP contribution >= 0.6 is 0 Å². The first-order valence-electron chi connectivity index (χ1n) is 5.90. The molecule has 20 heavy (non-hydrogen) atoms. The fourth-order valence-corrected chi connectivity index (χ4v) is 1.89. The van der Waals surface area contributed by atoms with Gasteiger partial charge in [0, 0.05) is 11.4 Å². The number of aryl methyl sites for hydroxylation is 2. The minimum absolute atomic E-state index is 0.0575. The van der Waals surface area contributed by atoms with E-state index in [0.29, 0.717) is 17.1 Å². The zero-order valence-corrected chi connectivity index (χ0v) is 11.0. The molecule has 2 aromatic rings. The van der Waals surface area contributed by atoms with Crippen LogP contribution in [0.5, 0.6) is 0 Å². The number of hydrogen-bond acceptors (Lipinski definition) is 4. The van der Waals surface area contributed by atoms with Crippen LogP contribution in [0.2, 0.25) is 0 Å². The van der Waals surface area contributed by atoms with Crippen molar-refractivity contribution in [2.75, 3.05) is 5.32 Å². The molecule has 0 fully saturated rings. The summed E-state index contributed by atoms with van der Waals surface area (Å²) in [7, 11) is 0. The predicted molar refractivity (Wildman–Crippen MR) is 72.8 cm³/mol. The fraction of sp³-hybridized carbons (Fsp3) is 0.133. The summed E-state index contributed by atoms with van der Waals surface area (Å²) in [4.78, 5) is 4.27. The Balaban J connectivity index is 2.46. The number of nitrogens with zero attached hydrogens (tertiary/aromatic N) is 3. The SMILES string of the molecule is Cc1cc(C)c(C#N)c(Nc2ccc(F)c(C#N)c2)n1. The number of anilines is 2. The number of rotatable bonds is 2. The third-order valence-electron chi connectivity index (χ3n) is 2.81. The van der Waals surface area contributed by atoms with Crippen LogP contribution in [0.4, 0.5) is 15.9 Å². The Kier molecular flexibility index (Phi) is 3.63. The summed E-state index contributed by atoms with van der Waals surface area (Å²) >= 11 is 0. The molecule has 0 aliphatic carbocycles. The molecule has 98 valence electrons. The van der Waals surface area contributed by atoms with Gasteiger partial charge in [0.2, 0.25) is 0 Å². The van der Waals surface area contributed by atoms with Gasteiger partial charge in [-0.15, -0.1) is 0 Å². The Hall–Kier alpha value is -2.92. The maximum Gasteiger partial charge on any atom is 0.148 e. The zero-order chi connectivity index (χ0) is 14.7. The molecule has 0 amide bonds. The van der Waals surface area contributed by atoms with Crippen LogP contribution in [0.25, 0.3) is 0 Å². The summed E-state index contributed by atoms with van der Waals surface area (Å²) in [5.74, 6) is -0.174. The van der Waals surface area contributed by atoms with Crippen molar-refractivity contribution in [2.24, 2.45) is 0 Å². The van der Waals surface area contributed by atoms with E-state index < -0.39 is 5.82 Å². The van der Waals surface area contributed by atoms with Gasteiger partial charge in [-0.3, -0.25) is 0 Å². The lowest BCUT2D eigenvalue weighted by atomic mass is 10.1. The monoisotopic (exact) mass is 266 g/mol. The third kappa shape index (κ3) is 2.57. The number of nitrogens with one attached hydrogen (secondary N) is 1. The largest absolute Gasteiger partial charge is 0.339 e. The van der Waals surface area contributed by atoms with Crippen molar-refractivity contribution in [1.29, 1.82) is 10.5 Å². The van der Waals surface area contributed by atoms with Gasteiger partial charge in [0.25, 0.3) is 0 Å². The highest BCUT2D eigenvalue weighted by molar-refractivity contribution is 5.65. The molecule has 0 saturated heterocycles. The highest BCUT2D eigenvalue weighted by Crippen LogP contribution is 2.23. The Morgan fingerprint density at radius 1 is 1.15 bits per heavy atom. The minimum atomic E-state index is -0.577. The lowest BCUT2D eigenvalue weighted by Gasteiger charge is -2.10. The van der Waals surface area contributed by atoms with E-state index >= 15 is 0 Å². The van der Waals surface area contributed by atoms with Crippen LogP contribution in [-0.2, 0) is 0 Å². The van der Waals surface area contributed by atoms with Gasteiger partial charge in [0.05, 0.1) is 11.1 Å². The van der Waals surface area contributed by atoms with Crippen LogP contribution < -0.4 is 5.32 Å². The second-order valence-electron chi connectivity index (χ2n) is 4.35. The maximum atomic E-state index is 13.3. The predicted octanol–water partition coefficient (Wildman–Crippen LogP) is 3.32. The summed E-state index contributed by atoms with van der Waals surface area (Å²) in [5.41, 5.74) is 2.46. The van der Waals surface area contributed by atoms with Gasteiger partial charge in [-0.2, -0.15) is 10.5 Å². The summed E-state index contributed by atoms with van der Waals surface area (Å²) in [5, 5.41) is 20.9. The van der Waals surface area contributed by atoms with Gasteiger partial charge in [-0.05, 0) is 43.7 Å². The Morgan fingerprint density at radius 2 is 1.90 bits per heavy atom.